The highest BCUT2D eigenvalue weighted by Gasteiger charge is 2.15. The van der Waals surface area contributed by atoms with E-state index in [1.54, 1.807) is 0 Å². The van der Waals surface area contributed by atoms with Crippen LogP contribution in [-0.2, 0) is 0 Å². The van der Waals surface area contributed by atoms with E-state index in [2.05, 4.69) is 41.3 Å². The van der Waals surface area contributed by atoms with Gasteiger partial charge in [0.05, 0.1) is 5.69 Å². The van der Waals surface area contributed by atoms with Gasteiger partial charge in [-0.05, 0) is 13.5 Å². The van der Waals surface area contributed by atoms with Crippen LogP contribution in [0.5, 0.6) is 0 Å². The van der Waals surface area contributed by atoms with E-state index in [9.17, 15) is 4.79 Å². The Morgan fingerprint density at radius 2 is 2.29 bits per heavy atom. The van der Waals surface area contributed by atoms with Gasteiger partial charge in [-0.1, -0.05) is 13.8 Å². The minimum absolute atomic E-state index is 0.258. The van der Waals surface area contributed by atoms with Crippen LogP contribution < -0.4 is 11.0 Å². The maximum Gasteiger partial charge on any atom is 0.348 e. The molecular formula is C11H17N5O. The molecule has 2 aromatic rings. The van der Waals surface area contributed by atoms with Crippen LogP contribution in [-0.4, -0.2) is 32.2 Å². The Labute approximate surface area is 99.1 Å². The van der Waals surface area contributed by atoms with Crippen molar-refractivity contribution in [3.8, 4) is 0 Å². The molecule has 2 heterocycles. The molecule has 17 heavy (non-hydrogen) atoms. The fourth-order valence-electron chi connectivity index (χ4n) is 1.83. The van der Waals surface area contributed by atoms with Crippen LogP contribution in [0.1, 0.15) is 32.4 Å². The molecule has 0 aliphatic carbocycles. The number of hydrogen-bond donors (Lipinski definition) is 2. The van der Waals surface area contributed by atoms with Crippen LogP contribution in [0.4, 0.5) is 0 Å². The molecular weight excluding hydrogens is 218 g/mol. The number of H-pyrrole nitrogens is 1. The summed E-state index contributed by atoms with van der Waals surface area (Å²) in [6, 6.07) is 2.18. The standard InChI is InChI=1S/C11H17N5O/c1-4-12-8(3)7(2)9-5-10-14-15-11(17)16(10)6-13-9/h5-8,12H,4H2,1-3H3,(H,15,17). The summed E-state index contributed by atoms with van der Waals surface area (Å²) in [4.78, 5) is 15.6. The van der Waals surface area contributed by atoms with Gasteiger partial charge in [0.2, 0.25) is 0 Å². The zero-order chi connectivity index (χ0) is 12.4. The molecule has 2 N–H and O–H groups in total. The van der Waals surface area contributed by atoms with Gasteiger partial charge in [-0.15, -0.1) is 0 Å². The van der Waals surface area contributed by atoms with Crippen LogP contribution in [0.15, 0.2) is 17.2 Å². The lowest BCUT2D eigenvalue weighted by Crippen LogP contribution is -2.31. The Bertz CT molecular complexity index is 558. The first-order valence-corrected chi connectivity index (χ1v) is 5.79. The molecule has 2 rings (SSSR count). The van der Waals surface area contributed by atoms with Crippen molar-refractivity contribution < 1.29 is 0 Å². The van der Waals surface area contributed by atoms with Gasteiger partial charge >= 0.3 is 5.69 Å². The van der Waals surface area contributed by atoms with Gasteiger partial charge in [-0.2, -0.15) is 5.10 Å². The fourth-order valence-corrected chi connectivity index (χ4v) is 1.83. The molecule has 0 fully saturated rings. The molecule has 2 aromatic heterocycles. The van der Waals surface area contributed by atoms with E-state index in [-0.39, 0.29) is 11.6 Å². The molecule has 0 bridgehead atoms. The molecule has 0 aliphatic rings. The molecule has 2 unspecified atom stereocenters. The van der Waals surface area contributed by atoms with Gasteiger partial charge in [0.25, 0.3) is 0 Å². The number of aromatic amines is 1. The van der Waals surface area contributed by atoms with E-state index >= 15 is 0 Å². The van der Waals surface area contributed by atoms with E-state index < -0.39 is 0 Å². The van der Waals surface area contributed by atoms with Gasteiger partial charge < -0.3 is 5.32 Å². The minimum Gasteiger partial charge on any atom is -0.314 e. The van der Waals surface area contributed by atoms with Crippen molar-refractivity contribution in [1.82, 2.24) is 24.9 Å². The number of nitrogens with zero attached hydrogens (tertiary/aromatic N) is 3. The highest BCUT2D eigenvalue weighted by atomic mass is 16.1. The summed E-state index contributed by atoms with van der Waals surface area (Å²) in [6.07, 6.45) is 1.52. The zero-order valence-electron chi connectivity index (χ0n) is 10.3. The first kappa shape index (κ1) is 11.8. The van der Waals surface area contributed by atoms with Crippen molar-refractivity contribution in [2.24, 2.45) is 0 Å². The summed E-state index contributed by atoms with van der Waals surface area (Å²) in [7, 11) is 0. The lowest BCUT2D eigenvalue weighted by Gasteiger charge is -2.19. The lowest BCUT2D eigenvalue weighted by atomic mass is 9.99. The summed E-state index contributed by atoms with van der Waals surface area (Å²) in [6.45, 7) is 7.23. The van der Waals surface area contributed by atoms with E-state index in [0.29, 0.717) is 11.7 Å². The Balaban J connectivity index is 2.32. The third kappa shape index (κ3) is 2.21. The average Bonchev–Trinajstić information content (AvgIpc) is 2.70. The Kier molecular flexibility index (Phi) is 3.23. The van der Waals surface area contributed by atoms with Crippen molar-refractivity contribution in [3.05, 3.63) is 28.6 Å². The summed E-state index contributed by atoms with van der Waals surface area (Å²) in [5.74, 6) is 0.270. The molecule has 6 heteroatoms. The average molecular weight is 235 g/mol. The zero-order valence-corrected chi connectivity index (χ0v) is 10.3. The fraction of sp³-hybridized carbons (Fsp3) is 0.545. The topological polar surface area (TPSA) is 75.1 Å². The third-order valence-electron chi connectivity index (χ3n) is 3.07. The van der Waals surface area contributed by atoms with Crippen LogP contribution in [0.25, 0.3) is 5.65 Å². The van der Waals surface area contributed by atoms with Crippen LogP contribution in [0.2, 0.25) is 0 Å². The lowest BCUT2D eigenvalue weighted by molar-refractivity contribution is 0.487. The first-order valence-electron chi connectivity index (χ1n) is 5.79. The molecule has 0 saturated heterocycles. The third-order valence-corrected chi connectivity index (χ3v) is 3.07. The smallest absolute Gasteiger partial charge is 0.314 e. The van der Waals surface area contributed by atoms with Crippen molar-refractivity contribution >= 4 is 5.65 Å². The maximum atomic E-state index is 11.3. The second-order valence-electron chi connectivity index (χ2n) is 4.21. The largest absolute Gasteiger partial charge is 0.348 e. The molecule has 0 aliphatic heterocycles. The van der Waals surface area contributed by atoms with Gasteiger partial charge in [0.1, 0.15) is 6.33 Å². The highest BCUT2D eigenvalue weighted by Crippen LogP contribution is 2.17. The first-order chi connectivity index (χ1) is 8.13. The predicted octanol–water partition coefficient (Wildman–Crippen LogP) is 0.519. The van der Waals surface area contributed by atoms with Crippen LogP contribution >= 0.6 is 0 Å². The van der Waals surface area contributed by atoms with Gasteiger partial charge in [0.15, 0.2) is 5.65 Å². The minimum atomic E-state index is -0.258. The quantitative estimate of drug-likeness (QED) is 0.810. The van der Waals surface area contributed by atoms with Gasteiger partial charge in [-0.3, -0.25) is 0 Å². The maximum absolute atomic E-state index is 11.3. The Morgan fingerprint density at radius 1 is 1.53 bits per heavy atom. The van der Waals surface area contributed by atoms with E-state index in [0.717, 1.165) is 12.2 Å². The van der Waals surface area contributed by atoms with Crippen LogP contribution in [0.3, 0.4) is 0 Å². The monoisotopic (exact) mass is 235 g/mol. The van der Waals surface area contributed by atoms with Crippen molar-refractivity contribution in [2.75, 3.05) is 6.54 Å². The number of rotatable bonds is 4. The Morgan fingerprint density at radius 3 is 3.00 bits per heavy atom. The Hall–Kier alpha value is -1.69. The number of aromatic nitrogens is 4. The SMILES string of the molecule is CCNC(C)C(C)c1cc2n[nH]c(=O)n2cn1. The summed E-state index contributed by atoms with van der Waals surface area (Å²) < 4.78 is 1.40. The van der Waals surface area contributed by atoms with Gasteiger partial charge in [-0.25, -0.2) is 19.3 Å². The van der Waals surface area contributed by atoms with Crippen molar-refractivity contribution in [3.63, 3.8) is 0 Å². The van der Waals surface area contributed by atoms with E-state index in [1.807, 2.05) is 6.07 Å². The molecule has 0 aromatic carbocycles. The van der Waals surface area contributed by atoms with E-state index in [4.69, 9.17) is 0 Å². The summed E-state index contributed by atoms with van der Waals surface area (Å²) >= 11 is 0. The molecule has 92 valence electrons. The second kappa shape index (κ2) is 4.67. The number of nitrogens with one attached hydrogen (secondary N) is 2. The molecule has 0 amide bonds. The summed E-state index contributed by atoms with van der Waals surface area (Å²) in [5, 5.41) is 9.69. The van der Waals surface area contributed by atoms with Crippen molar-refractivity contribution in [1.29, 1.82) is 0 Å². The van der Waals surface area contributed by atoms with Crippen LogP contribution in [0, 0.1) is 0 Å². The molecule has 2 atom stereocenters. The van der Waals surface area contributed by atoms with Crippen molar-refractivity contribution in [2.45, 2.75) is 32.7 Å². The predicted molar refractivity (Wildman–Crippen MR) is 65.2 cm³/mol. The molecule has 0 spiro atoms. The second-order valence-corrected chi connectivity index (χ2v) is 4.21. The normalized spacial score (nSPS) is 15.0. The molecule has 6 nitrogen and oxygen atoms in total. The van der Waals surface area contributed by atoms with E-state index in [1.165, 1.54) is 10.7 Å². The summed E-state index contributed by atoms with van der Waals surface area (Å²) in [5.41, 5.74) is 1.28. The number of hydrogen-bond acceptors (Lipinski definition) is 4. The molecule has 0 radical (unpaired) electrons. The molecule has 0 saturated carbocycles. The highest BCUT2D eigenvalue weighted by molar-refractivity contribution is 5.37. The van der Waals surface area contributed by atoms with Gasteiger partial charge in [0, 0.05) is 18.0 Å². The number of likely N-dealkylation sites (N-methyl/N-ethyl adjacent to an activating group) is 1. The number of fused-ring (bicyclic) bond motifs is 1.